The van der Waals surface area contributed by atoms with Gasteiger partial charge in [-0.05, 0) is 37.9 Å². The van der Waals surface area contributed by atoms with E-state index < -0.39 is 6.61 Å². The van der Waals surface area contributed by atoms with Crippen molar-refractivity contribution in [3.8, 4) is 5.75 Å². The molecule has 7 heteroatoms. The van der Waals surface area contributed by atoms with Crippen LogP contribution in [0, 0.1) is 5.92 Å². The number of para-hydroxylation sites is 1. The summed E-state index contributed by atoms with van der Waals surface area (Å²) in [6.45, 7) is -0.335. The number of nitrogens with one attached hydrogen (secondary N) is 2. The maximum absolute atomic E-state index is 12.4. The van der Waals surface area contributed by atoms with Gasteiger partial charge < -0.3 is 15.4 Å². The fourth-order valence-corrected chi connectivity index (χ4v) is 2.31. The SMILES string of the molecule is CNC(C)CNC(=O)C1CC1c1ccccc1OC(F)F.Cl. The number of ether oxygens (including phenoxy) is 1. The average molecular weight is 335 g/mol. The summed E-state index contributed by atoms with van der Waals surface area (Å²) in [5.74, 6) is -0.0633. The van der Waals surface area contributed by atoms with Gasteiger partial charge in [0.2, 0.25) is 5.91 Å². The van der Waals surface area contributed by atoms with Crippen molar-refractivity contribution in [2.24, 2.45) is 5.92 Å². The molecule has 124 valence electrons. The average Bonchev–Trinajstić information content (AvgIpc) is 3.24. The zero-order chi connectivity index (χ0) is 15.4. The molecule has 1 aromatic carbocycles. The number of alkyl halides is 2. The van der Waals surface area contributed by atoms with Crippen molar-refractivity contribution < 1.29 is 18.3 Å². The molecule has 3 atom stereocenters. The first-order chi connectivity index (χ1) is 10.0. The van der Waals surface area contributed by atoms with Crippen LogP contribution in [0.5, 0.6) is 5.75 Å². The van der Waals surface area contributed by atoms with Crippen LogP contribution in [0.3, 0.4) is 0 Å². The van der Waals surface area contributed by atoms with E-state index in [4.69, 9.17) is 0 Å². The van der Waals surface area contributed by atoms with Crippen LogP contribution in [0.2, 0.25) is 0 Å². The Kier molecular flexibility index (Phi) is 7.03. The number of carbonyl (C=O) groups is 1. The summed E-state index contributed by atoms with van der Waals surface area (Å²) in [5, 5.41) is 5.90. The minimum Gasteiger partial charge on any atom is -0.435 e. The van der Waals surface area contributed by atoms with Crippen LogP contribution in [0.15, 0.2) is 24.3 Å². The highest BCUT2D eigenvalue weighted by Crippen LogP contribution is 2.50. The van der Waals surface area contributed by atoms with Gasteiger partial charge >= 0.3 is 6.61 Å². The smallest absolute Gasteiger partial charge is 0.387 e. The summed E-state index contributed by atoms with van der Waals surface area (Å²) in [6.07, 6.45) is 0.670. The second-order valence-corrected chi connectivity index (χ2v) is 5.30. The molecule has 2 N–H and O–H groups in total. The fraction of sp³-hybridized carbons (Fsp3) is 0.533. The second-order valence-electron chi connectivity index (χ2n) is 5.30. The van der Waals surface area contributed by atoms with E-state index in [0.29, 0.717) is 18.5 Å². The van der Waals surface area contributed by atoms with Crippen molar-refractivity contribution in [1.29, 1.82) is 0 Å². The molecular weight excluding hydrogens is 314 g/mol. The zero-order valence-electron chi connectivity index (χ0n) is 12.5. The molecule has 22 heavy (non-hydrogen) atoms. The monoisotopic (exact) mass is 334 g/mol. The van der Waals surface area contributed by atoms with E-state index in [9.17, 15) is 13.6 Å². The van der Waals surface area contributed by atoms with Crippen molar-refractivity contribution >= 4 is 18.3 Å². The molecule has 0 heterocycles. The molecule has 0 saturated heterocycles. The van der Waals surface area contributed by atoms with Crippen molar-refractivity contribution in [3.05, 3.63) is 29.8 Å². The fourth-order valence-electron chi connectivity index (χ4n) is 2.31. The highest BCUT2D eigenvalue weighted by molar-refractivity contribution is 5.85. The first-order valence-electron chi connectivity index (χ1n) is 7.01. The van der Waals surface area contributed by atoms with Gasteiger partial charge in [-0.1, -0.05) is 18.2 Å². The van der Waals surface area contributed by atoms with E-state index in [1.807, 2.05) is 14.0 Å². The molecule has 2 rings (SSSR count). The summed E-state index contributed by atoms with van der Waals surface area (Å²) >= 11 is 0. The predicted molar refractivity (Wildman–Crippen MR) is 82.7 cm³/mol. The third-order valence-electron chi connectivity index (χ3n) is 3.74. The van der Waals surface area contributed by atoms with Crippen LogP contribution in [-0.4, -0.2) is 32.2 Å². The summed E-state index contributed by atoms with van der Waals surface area (Å²) in [4.78, 5) is 12.0. The van der Waals surface area contributed by atoms with Crippen LogP contribution in [0.4, 0.5) is 8.78 Å². The summed E-state index contributed by atoms with van der Waals surface area (Å²) < 4.78 is 29.3. The first-order valence-corrected chi connectivity index (χ1v) is 7.01. The first kappa shape index (κ1) is 18.6. The van der Waals surface area contributed by atoms with Crippen molar-refractivity contribution in [2.75, 3.05) is 13.6 Å². The van der Waals surface area contributed by atoms with Gasteiger partial charge in [-0.3, -0.25) is 4.79 Å². The molecule has 0 aromatic heterocycles. The molecule has 0 radical (unpaired) electrons. The van der Waals surface area contributed by atoms with Crippen molar-refractivity contribution in [3.63, 3.8) is 0 Å². The summed E-state index contributed by atoms with van der Waals surface area (Å²) in [6, 6.07) is 6.86. The summed E-state index contributed by atoms with van der Waals surface area (Å²) in [7, 11) is 1.83. The van der Waals surface area contributed by atoms with Gasteiger partial charge in [0.15, 0.2) is 0 Å². The van der Waals surface area contributed by atoms with E-state index in [1.165, 1.54) is 6.07 Å². The predicted octanol–water partition coefficient (Wildman–Crippen LogP) is 2.54. The van der Waals surface area contributed by atoms with E-state index in [1.54, 1.807) is 18.2 Å². The van der Waals surface area contributed by atoms with Gasteiger partial charge in [-0.25, -0.2) is 0 Å². The van der Waals surface area contributed by atoms with Crippen LogP contribution in [0.25, 0.3) is 0 Å². The Morgan fingerprint density at radius 2 is 2.09 bits per heavy atom. The Balaban J connectivity index is 0.00000242. The second kappa shape index (κ2) is 8.29. The molecular formula is C15H21ClF2N2O2. The molecule has 1 aliphatic carbocycles. The molecule has 1 aromatic rings. The Morgan fingerprint density at radius 3 is 2.73 bits per heavy atom. The van der Waals surface area contributed by atoms with Crippen LogP contribution in [0.1, 0.15) is 24.8 Å². The Labute approximate surface area is 135 Å². The van der Waals surface area contributed by atoms with Gasteiger partial charge in [0, 0.05) is 18.5 Å². The molecule has 1 aliphatic rings. The molecule has 3 unspecified atom stereocenters. The molecule has 4 nitrogen and oxygen atoms in total. The lowest BCUT2D eigenvalue weighted by atomic mass is 10.1. The number of hydrogen-bond acceptors (Lipinski definition) is 3. The topological polar surface area (TPSA) is 50.4 Å². The maximum Gasteiger partial charge on any atom is 0.387 e. The Morgan fingerprint density at radius 1 is 1.41 bits per heavy atom. The number of rotatable bonds is 7. The maximum atomic E-state index is 12.4. The minimum atomic E-state index is -2.85. The highest BCUT2D eigenvalue weighted by Gasteiger charge is 2.45. The third kappa shape index (κ3) is 4.81. The lowest BCUT2D eigenvalue weighted by Crippen LogP contribution is -2.38. The number of hydrogen-bond donors (Lipinski definition) is 2. The molecule has 1 saturated carbocycles. The molecule has 0 aliphatic heterocycles. The number of amides is 1. The van der Waals surface area contributed by atoms with Gasteiger partial charge in [0.25, 0.3) is 0 Å². The van der Waals surface area contributed by atoms with Gasteiger partial charge in [-0.15, -0.1) is 12.4 Å². The molecule has 0 bridgehead atoms. The van der Waals surface area contributed by atoms with Gasteiger partial charge in [0.05, 0.1) is 0 Å². The molecule has 1 amide bonds. The Bertz CT molecular complexity index is 502. The van der Waals surface area contributed by atoms with E-state index >= 15 is 0 Å². The lowest BCUT2D eigenvalue weighted by Gasteiger charge is -2.12. The van der Waals surface area contributed by atoms with Crippen LogP contribution < -0.4 is 15.4 Å². The molecule has 1 fully saturated rings. The van der Waals surface area contributed by atoms with Gasteiger partial charge in [0.1, 0.15) is 5.75 Å². The zero-order valence-corrected chi connectivity index (χ0v) is 13.3. The number of halogens is 3. The normalized spacial score (nSPS) is 21.0. The summed E-state index contributed by atoms with van der Waals surface area (Å²) in [5.41, 5.74) is 0.680. The van der Waals surface area contributed by atoms with E-state index in [0.717, 1.165) is 0 Å². The minimum absolute atomic E-state index is 0. The van der Waals surface area contributed by atoms with Crippen molar-refractivity contribution in [1.82, 2.24) is 10.6 Å². The van der Waals surface area contributed by atoms with Crippen LogP contribution in [-0.2, 0) is 4.79 Å². The Hall–Kier alpha value is -1.40. The van der Waals surface area contributed by atoms with E-state index in [2.05, 4.69) is 15.4 Å². The third-order valence-corrected chi connectivity index (χ3v) is 3.74. The quantitative estimate of drug-likeness (QED) is 0.805. The largest absolute Gasteiger partial charge is 0.435 e. The standard InChI is InChI=1S/C15H20F2N2O2.ClH/c1-9(18-2)8-19-14(20)12-7-11(12)10-5-3-4-6-13(10)21-15(16)17;/h3-6,9,11-12,15,18H,7-8H2,1-2H3,(H,19,20);1H. The van der Waals surface area contributed by atoms with E-state index in [-0.39, 0.29) is 41.9 Å². The molecule has 0 spiro atoms. The highest BCUT2D eigenvalue weighted by atomic mass is 35.5. The number of carbonyl (C=O) groups excluding carboxylic acids is 1. The lowest BCUT2D eigenvalue weighted by molar-refractivity contribution is -0.122. The van der Waals surface area contributed by atoms with Crippen LogP contribution >= 0.6 is 12.4 Å². The van der Waals surface area contributed by atoms with Gasteiger partial charge in [-0.2, -0.15) is 8.78 Å². The number of likely N-dealkylation sites (N-methyl/N-ethyl adjacent to an activating group) is 1. The van der Waals surface area contributed by atoms with Crippen molar-refractivity contribution in [2.45, 2.75) is 31.9 Å². The number of benzene rings is 1.